The molecule has 5 heteroatoms. The van der Waals surface area contributed by atoms with Gasteiger partial charge in [-0.1, -0.05) is 6.07 Å². The average molecular weight is 210 g/mol. The summed E-state index contributed by atoms with van der Waals surface area (Å²) < 4.78 is 15.3. The minimum atomic E-state index is -1.36. The van der Waals surface area contributed by atoms with Crippen LogP contribution in [0.25, 0.3) is 0 Å². The Morgan fingerprint density at radius 3 is 2.93 bits per heavy atom. The summed E-state index contributed by atoms with van der Waals surface area (Å²) in [4.78, 5) is 10.4. The van der Waals surface area contributed by atoms with Crippen molar-refractivity contribution < 1.29 is 24.1 Å². The first-order chi connectivity index (χ1) is 7.27. The molecular weight excluding hydrogens is 200 g/mol. The van der Waals surface area contributed by atoms with Gasteiger partial charge in [-0.3, -0.25) is 0 Å². The second-order valence-corrected chi connectivity index (χ2v) is 3.00. The lowest BCUT2D eigenvalue weighted by molar-refractivity contribution is 0.142. The third-order valence-corrected chi connectivity index (χ3v) is 1.93. The first-order valence-electron chi connectivity index (χ1n) is 4.57. The van der Waals surface area contributed by atoms with E-state index in [1.54, 1.807) is 12.1 Å². The van der Waals surface area contributed by atoms with Crippen molar-refractivity contribution in [1.82, 2.24) is 0 Å². The van der Waals surface area contributed by atoms with Gasteiger partial charge in [0.15, 0.2) is 11.5 Å². The lowest BCUT2D eigenvalue weighted by Gasteiger charge is -2.10. The Hall–Kier alpha value is -1.91. The van der Waals surface area contributed by atoms with Crippen molar-refractivity contribution in [3.05, 3.63) is 18.2 Å². The Kier molecular flexibility index (Phi) is 2.62. The van der Waals surface area contributed by atoms with Gasteiger partial charge in [-0.15, -0.1) is 0 Å². The number of rotatable bonds is 1. The fourth-order valence-corrected chi connectivity index (χ4v) is 1.34. The lowest BCUT2D eigenvalue weighted by atomic mass is 10.3. The molecule has 0 aliphatic carbocycles. The van der Waals surface area contributed by atoms with Gasteiger partial charge >= 0.3 is 6.16 Å². The Morgan fingerprint density at radius 1 is 1.33 bits per heavy atom. The van der Waals surface area contributed by atoms with Gasteiger partial charge in [0.25, 0.3) is 0 Å². The van der Waals surface area contributed by atoms with E-state index in [4.69, 9.17) is 14.6 Å². The van der Waals surface area contributed by atoms with E-state index in [1.165, 1.54) is 6.07 Å². The van der Waals surface area contributed by atoms with Crippen LogP contribution in [0, 0.1) is 0 Å². The van der Waals surface area contributed by atoms with Crippen LogP contribution in [-0.2, 0) is 0 Å². The van der Waals surface area contributed by atoms with Crippen LogP contribution in [0.1, 0.15) is 6.42 Å². The molecule has 0 radical (unpaired) electrons. The maximum Gasteiger partial charge on any atom is 0.511 e. The van der Waals surface area contributed by atoms with E-state index in [2.05, 4.69) is 4.74 Å². The third kappa shape index (κ3) is 2.12. The number of carbonyl (C=O) groups is 1. The molecular formula is C10H10O5. The minimum Gasteiger partial charge on any atom is -0.489 e. The van der Waals surface area contributed by atoms with E-state index < -0.39 is 6.16 Å². The van der Waals surface area contributed by atoms with Crippen molar-refractivity contribution >= 4 is 6.16 Å². The molecule has 0 aromatic heterocycles. The molecule has 2 rings (SSSR count). The van der Waals surface area contributed by atoms with E-state index in [0.717, 1.165) is 6.42 Å². The molecule has 0 fully saturated rings. The van der Waals surface area contributed by atoms with Crippen molar-refractivity contribution in [3.63, 3.8) is 0 Å². The second kappa shape index (κ2) is 4.08. The molecule has 0 unspecified atom stereocenters. The molecule has 1 aromatic rings. The highest BCUT2D eigenvalue weighted by molar-refractivity contribution is 5.64. The van der Waals surface area contributed by atoms with E-state index in [1.807, 2.05) is 0 Å². The number of benzene rings is 1. The Balaban J connectivity index is 2.34. The normalized spacial score (nSPS) is 14.1. The highest BCUT2D eigenvalue weighted by Gasteiger charge is 2.17. The fourth-order valence-electron chi connectivity index (χ4n) is 1.34. The molecule has 0 saturated carbocycles. The molecule has 80 valence electrons. The number of para-hydroxylation sites is 1. The zero-order valence-electron chi connectivity index (χ0n) is 7.93. The maximum absolute atomic E-state index is 10.4. The Labute approximate surface area is 86.2 Å². The van der Waals surface area contributed by atoms with Crippen LogP contribution in [0.3, 0.4) is 0 Å². The lowest BCUT2D eigenvalue weighted by Crippen LogP contribution is -2.05. The van der Waals surface area contributed by atoms with Crippen LogP contribution in [-0.4, -0.2) is 24.5 Å². The second-order valence-electron chi connectivity index (χ2n) is 3.00. The molecule has 0 spiro atoms. The van der Waals surface area contributed by atoms with Gasteiger partial charge < -0.3 is 19.3 Å². The number of fused-ring (bicyclic) bond motifs is 1. The first kappa shape index (κ1) is 9.64. The van der Waals surface area contributed by atoms with E-state index in [0.29, 0.717) is 24.7 Å². The van der Waals surface area contributed by atoms with Gasteiger partial charge in [0, 0.05) is 6.42 Å². The van der Waals surface area contributed by atoms with Crippen LogP contribution < -0.4 is 14.2 Å². The monoisotopic (exact) mass is 210 g/mol. The standard InChI is InChI=1S/C10H10O5/c11-10(12)15-8-4-1-3-7-9(8)14-6-2-5-13-7/h1,3-4H,2,5-6H2,(H,11,12). The molecule has 0 saturated heterocycles. The summed E-state index contributed by atoms with van der Waals surface area (Å²) in [5.41, 5.74) is 0. The van der Waals surface area contributed by atoms with Crippen LogP contribution >= 0.6 is 0 Å². The number of carboxylic acid groups (broad SMARTS) is 1. The zero-order chi connectivity index (χ0) is 10.7. The number of hydrogen-bond donors (Lipinski definition) is 1. The summed E-state index contributed by atoms with van der Waals surface area (Å²) >= 11 is 0. The van der Waals surface area contributed by atoms with E-state index in [9.17, 15) is 4.79 Å². The number of ether oxygens (including phenoxy) is 3. The summed E-state index contributed by atoms with van der Waals surface area (Å²) in [6.07, 6.45) is -0.600. The topological polar surface area (TPSA) is 65.0 Å². The molecule has 1 aliphatic heterocycles. The smallest absolute Gasteiger partial charge is 0.489 e. The van der Waals surface area contributed by atoms with Crippen LogP contribution in [0.5, 0.6) is 17.2 Å². The van der Waals surface area contributed by atoms with Crippen molar-refractivity contribution in [1.29, 1.82) is 0 Å². The van der Waals surface area contributed by atoms with Crippen molar-refractivity contribution in [2.45, 2.75) is 6.42 Å². The molecule has 1 heterocycles. The molecule has 15 heavy (non-hydrogen) atoms. The fraction of sp³-hybridized carbons (Fsp3) is 0.300. The summed E-state index contributed by atoms with van der Waals surface area (Å²) in [6.45, 7) is 1.05. The maximum atomic E-state index is 10.4. The van der Waals surface area contributed by atoms with Gasteiger partial charge in [-0.25, -0.2) is 4.79 Å². The SMILES string of the molecule is O=C(O)Oc1cccc2c1OCCCO2. The highest BCUT2D eigenvalue weighted by Crippen LogP contribution is 2.38. The molecule has 0 amide bonds. The van der Waals surface area contributed by atoms with E-state index in [-0.39, 0.29) is 5.75 Å². The molecule has 1 aliphatic rings. The van der Waals surface area contributed by atoms with Crippen LogP contribution in [0.15, 0.2) is 18.2 Å². The van der Waals surface area contributed by atoms with Gasteiger partial charge in [0.2, 0.25) is 5.75 Å². The Morgan fingerprint density at radius 2 is 2.13 bits per heavy atom. The first-order valence-corrected chi connectivity index (χ1v) is 4.57. The predicted molar refractivity (Wildman–Crippen MR) is 50.7 cm³/mol. The minimum absolute atomic E-state index is 0.168. The van der Waals surface area contributed by atoms with E-state index >= 15 is 0 Å². The number of hydrogen-bond acceptors (Lipinski definition) is 4. The molecule has 1 N–H and O–H groups in total. The summed E-state index contributed by atoms with van der Waals surface area (Å²) in [6, 6.07) is 4.91. The molecule has 1 aromatic carbocycles. The van der Waals surface area contributed by atoms with Crippen LogP contribution in [0.4, 0.5) is 4.79 Å². The van der Waals surface area contributed by atoms with Crippen molar-refractivity contribution in [2.75, 3.05) is 13.2 Å². The summed E-state index contributed by atoms with van der Waals surface area (Å²) in [5.74, 6) is 1.05. The third-order valence-electron chi connectivity index (χ3n) is 1.93. The van der Waals surface area contributed by atoms with Gasteiger partial charge in [-0.2, -0.15) is 0 Å². The quantitative estimate of drug-likeness (QED) is 0.566. The summed E-state index contributed by atoms with van der Waals surface area (Å²) in [7, 11) is 0. The van der Waals surface area contributed by atoms with Gasteiger partial charge in [0.05, 0.1) is 13.2 Å². The molecule has 0 atom stereocenters. The zero-order valence-corrected chi connectivity index (χ0v) is 7.93. The largest absolute Gasteiger partial charge is 0.511 e. The molecule has 0 bridgehead atoms. The molecule has 5 nitrogen and oxygen atoms in total. The predicted octanol–water partition coefficient (Wildman–Crippen LogP) is 1.90. The van der Waals surface area contributed by atoms with Crippen LogP contribution in [0.2, 0.25) is 0 Å². The Bertz CT molecular complexity index is 374. The summed E-state index contributed by atoms with van der Waals surface area (Å²) in [5, 5.41) is 8.52. The van der Waals surface area contributed by atoms with Crippen molar-refractivity contribution in [3.8, 4) is 17.2 Å². The van der Waals surface area contributed by atoms with Gasteiger partial charge in [0.1, 0.15) is 0 Å². The highest BCUT2D eigenvalue weighted by atomic mass is 16.7. The van der Waals surface area contributed by atoms with Gasteiger partial charge in [-0.05, 0) is 12.1 Å². The van der Waals surface area contributed by atoms with Crippen molar-refractivity contribution in [2.24, 2.45) is 0 Å². The average Bonchev–Trinajstić information content (AvgIpc) is 2.42.